The van der Waals surface area contributed by atoms with E-state index in [-0.39, 0.29) is 5.60 Å². The molecular formula is C22H26N6O2. The van der Waals surface area contributed by atoms with Crippen LogP contribution >= 0.6 is 0 Å². The van der Waals surface area contributed by atoms with Gasteiger partial charge in [0.2, 0.25) is 11.8 Å². The van der Waals surface area contributed by atoms with Crippen LogP contribution in [-0.4, -0.2) is 50.2 Å². The molecule has 8 heteroatoms. The van der Waals surface area contributed by atoms with Crippen molar-refractivity contribution in [3.63, 3.8) is 0 Å². The lowest BCUT2D eigenvalue weighted by atomic mass is 9.83. The van der Waals surface area contributed by atoms with Crippen LogP contribution in [0, 0.1) is 0 Å². The largest absolute Gasteiger partial charge is 0.480 e. The maximum Gasteiger partial charge on any atom is 0.228 e. The van der Waals surface area contributed by atoms with Gasteiger partial charge in [0.1, 0.15) is 11.3 Å². The molecule has 0 radical (unpaired) electrons. The van der Waals surface area contributed by atoms with Crippen molar-refractivity contribution in [1.29, 1.82) is 0 Å². The zero-order valence-corrected chi connectivity index (χ0v) is 17.5. The number of hydrogen-bond acceptors (Lipinski definition) is 6. The Balaban J connectivity index is 1.46. The summed E-state index contributed by atoms with van der Waals surface area (Å²) in [5.41, 5.74) is 3.68. The molecule has 0 saturated heterocycles. The van der Waals surface area contributed by atoms with Crippen molar-refractivity contribution in [2.75, 3.05) is 19.5 Å². The number of ether oxygens (including phenoxy) is 2. The number of nitrogens with one attached hydrogen (secondary N) is 2. The maximum atomic E-state index is 5.65. The predicted octanol–water partition coefficient (Wildman–Crippen LogP) is 4.04. The number of pyridine rings is 1. The summed E-state index contributed by atoms with van der Waals surface area (Å²) in [7, 11) is 3.44. The standard InChI is InChI=1S/C22H26N6O2/c1-22(30-3)8-6-15(7-9-22)25-21-26-19-18(20(27-21)29-2)16(12-24-19)14-4-5-17-23-10-11-28(17)13-14/h4-5,10-13,15H,6-9H2,1-3H3,(H2,24,25,26,27). The molecule has 1 saturated carbocycles. The number of aromatic nitrogens is 5. The number of H-pyrrole nitrogens is 1. The zero-order chi connectivity index (χ0) is 20.7. The van der Waals surface area contributed by atoms with Crippen molar-refractivity contribution in [2.24, 2.45) is 0 Å². The third-order valence-corrected chi connectivity index (χ3v) is 6.26. The van der Waals surface area contributed by atoms with Gasteiger partial charge in [-0.15, -0.1) is 0 Å². The summed E-state index contributed by atoms with van der Waals surface area (Å²) in [6.45, 7) is 2.18. The Morgan fingerprint density at radius 3 is 2.80 bits per heavy atom. The fourth-order valence-electron chi connectivity index (χ4n) is 4.28. The molecule has 4 aromatic heterocycles. The molecule has 2 N–H and O–H groups in total. The van der Waals surface area contributed by atoms with Crippen molar-refractivity contribution in [1.82, 2.24) is 24.3 Å². The molecular weight excluding hydrogens is 380 g/mol. The van der Waals surface area contributed by atoms with Crippen molar-refractivity contribution >= 4 is 22.6 Å². The summed E-state index contributed by atoms with van der Waals surface area (Å²) in [6, 6.07) is 4.37. The minimum Gasteiger partial charge on any atom is -0.480 e. The van der Waals surface area contributed by atoms with E-state index < -0.39 is 0 Å². The lowest BCUT2D eigenvalue weighted by Crippen LogP contribution is -2.37. The minimum atomic E-state index is -0.0224. The van der Waals surface area contributed by atoms with Crippen molar-refractivity contribution in [3.05, 3.63) is 36.9 Å². The van der Waals surface area contributed by atoms with E-state index in [4.69, 9.17) is 14.5 Å². The lowest BCUT2D eigenvalue weighted by Gasteiger charge is -2.36. The third-order valence-electron chi connectivity index (χ3n) is 6.26. The van der Waals surface area contributed by atoms with Crippen molar-refractivity contribution < 1.29 is 9.47 Å². The highest BCUT2D eigenvalue weighted by atomic mass is 16.5. The van der Waals surface area contributed by atoms with Crippen molar-refractivity contribution in [2.45, 2.75) is 44.2 Å². The molecule has 4 aromatic rings. The van der Waals surface area contributed by atoms with Gasteiger partial charge in [-0.3, -0.25) is 0 Å². The minimum absolute atomic E-state index is 0.0224. The Morgan fingerprint density at radius 1 is 1.20 bits per heavy atom. The summed E-state index contributed by atoms with van der Waals surface area (Å²) in [5, 5.41) is 4.36. The van der Waals surface area contributed by atoms with Gasteiger partial charge < -0.3 is 24.2 Å². The van der Waals surface area contributed by atoms with Gasteiger partial charge in [0.05, 0.1) is 18.1 Å². The number of hydrogen-bond donors (Lipinski definition) is 2. The van der Waals surface area contributed by atoms with E-state index in [1.807, 2.05) is 35.1 Å². The molecule has 30 heavy (non-hydrogen) atoms. The van der Waals surface area contributed by atoms with Gasteiger partial charge in [0.25, 0.3) is 0 Å². The first-order valence-corrected chi connectivity index (χ1v) is 10.3. The molecule has 1 fully saturated rings. The molecule has 0 spiro atoms. The van der Waals surface area contributed by atoms with Crippen LogP contribution in [0.3, 0.4) is 0 Å². The van der Waals surface area contributed by atoms with Crippen LogP contribution in [0.25, 0.3) is 27.8 Å². The van der Waals surface area contributed by atoms with Crippen LogP contribution < -0.4 is 10.1 Å². The SMILES string of the molecule is COc1nc(NC2CCC(C)(OC)CC2)nc2[nH]cc(-c3ccc4nccn4c3)c12. The topological polar surface area (TPSA) is 89.4 Å². The zero-order valence-electron chi connectivity index (χ0n) is 17.5. The number of fused-ring (bicyclic) bond motifs is 2. The normalized spacial score (nSPS) is 21.9. The molecule has 1 aliphatic rings. The van der Waals surface area contributed by atoms with E-state index in [1.54, 1.807) is 20.4 Å². The van der Waals surface area contributed by atoms with Crippen LogP contribution in [0.15, 0.2) is 36.9 Å². The van der Waals surface area contributed by atoms with Crippen LogP contribution in [0.1, 0.15) is 32.6 Å². The second-order valence-electron chi connectivity index (χ2n) is 8.17. The van der Waals surface area contributed by atoms with Gasteiger partial charge >= 0.3 is 0 Å². The summed E-state index contributed by atoms with van der Waals surface area (Å²) in [4.78, 5) is 17.0. The van der Waals surface area contributed by atoms with Crippen LogP contribution in [0.5, 0.6) is 5.88 Å². The highest BCUT2D eigenvalue weighted by Crippen LogP contribution is 2.35. The van der Waals surface area contributed by atoms with E-state index in [0.29, 0.717) is 17.9 Å². The third kappa shape index (κ3) is 3.27. The molecule has 1 aliphatic carbocycles. The quantitative estimate of drug-likeness (QED) is 0.520. The Hall–Kier alpha value is -3.13. The van der Waals surface area contributed by atoms with Gasteiger partial charge in [-0.1, -0.05) is 0 Å². The van der Waals surface area contributed by atoms with Crippen LogP contribution in [-0.2, 0) is 4.74 Å². The lowest BCUT2D eigenvalue weighted by molar-refractivity contribution is -0.0253. The number of aromatic amines is 1. The van der Waals surface area contributed by atoms with Crippen LogP contribution in [0.4, 0.5) is 5.95 Å². The number of nitrogens with zero attached hydrogens (tertiary/aromatic N) is 4. The molecule has 5 rings (SSSR count). The molecule has 0 aromatic carbocycles. The van der Waals surface area contributed by atoms with E-state index in [0.717, 1.165) is 53.5 Å². The summed E-state index contributed by atoms with van der Waals surface area (Å²) in [5.74, 6) is 1.14. The second-order valence-corrected chi connectivity index (χ2v) is 8.17. The van der Waals surface area contributed by atoms with E-state index in [1.165, 1.54) is 0 Å². The van der Waals surface area contributed by atoms with Gasteiger partial charge in [0, 0.05) is 49.1 Å². The van der Waals surface area contributed by atoms with Crippen LogP contribution in [0.2, 0.25) is 0 Å². The monoisotopic (exact) mass is 406 g/mol. The highest BCUT2D eigenvalue weighted by molar-refractivity contribution is 5.97. The van der Waals surface area contributed by atoms with Gasteiger partial charge in [-0.25, -0.2) is 4.98 Å². The summed E-state index contributed by atoms with van der Waals surface area (Å²) in [6.07, 6.45) is 11.8. The molecule has 0 amide bonds. The first kappa shape index (κ1) is 18.9. The number of methoxy groups -OCH3 is 2. The highest BCUT2D eigenvalue weighted by Gasteiger charge is 2.31. The molecule has 0 atom stereocenters. The summed E-state index contributed by atoms with van der Waals surface area (Å²) >= 11 is 0. The predicted molar refractivity (Wildman–Crippen MR) is 116 cm³/mol. The van der Waals surface area contributed by atoms with Gasteiger partial charge in [-0.2, -0.15) is 9.97 Å². The number of rotatable bonds is 5. The second kappa shape index (κ2) is 7.28. The first-order valence-electron chi connectivity index (χ1n) is 10.3. The Labute approximate surface area is 174 Å². The number of imidazole rings is 1. The number of anilines is 1. The summed E-state index contributed by atoms with van der Waals surface area (Å²) < 4.78 is 13.3. The van der Waals surface area contributed by atoms with Crippen molar-refractivity contribution in [3.8, 4) is 17.0 Å². The Bertz CT molecular complexity index is 1190. The molecule has 0 unspecified atom stereocenters. The maximum absolute atomic E-state index is 5.65. The average molecular weight is 406 g/mol. The smallest absolute Gasteiger partial charge is 0.228 e. The Kier molecular flexibility index (Phi) is 4.58. The average Bonchev–Trinajstić information content (AvgIpc) is 3.41. The van der Waals surface area contributed by atoms with Gasteiger partial charge in [-0.05, 0) is 44.7 Å². The van der Waals surface area contributed by atoms with E-state index >= 15 is 0 Å². The molecule has 0 aliphatic heterocycles. The van der Waals surface area contributed by atoms with E-state index in [9.17, 15) is 0 Å². The fourth-order valence-corrected chi connectivity index (χ4v) is 4.28. The fraction of sp³-hybridized carbons (Fsp3) is 0.409. The molecule has 156 valence electrons. The van der Waals surface area contributed by atoms with Gasteiger partial charge in [0.15, 0.2) is 0 Å². The van der Waals surface area contributed by atoms with E-state index in [2.05, 4.69) is 27.2 Å². The molecule has 8 nitrogen and oxygen atoms in total. The first-order chi connectivity index (χ1) is 14.6. The Morgan fingerprint density at radius 2 is 2.03 bits per heavy atom. The molecule has 4 heterocycles. The molecule has 0 bridgehead atoms.